The van der Waals surface area contributed by atoms with E-state index in [4.69, 9.17) is 0 Å². The van der Waals surface area contributed by atoms with Crippen LogP contribution in [0.5, 0.6) is 0 Å². The summed E-state index contributed by atoms with van der Waals surface area (Å²) in [5.41, 5.74) is 2.25. The van der Waals surface area contributed by atoms with Crippen LogP contribution in [-0.4, -0.2) is 16.9 Å². The van der Waals surface area contributed by atoms with Gasteiger partial charge in [0.25, 0.3) is 0 Å². The summed E-state index contributed by atoms with van der Waals surface area (Å²) in [5, 5.41) is 3.11. The third-order valence-corrected chi connectivity index (χ3v) is 12.4. The van der Waals surface area contributed by atoms with Crippen LogP contribution in [0.3, 0.4) is 0 Å². The Kier molecular flexibility index (Phi) is 11.4. The fourth-order valence-corrected chi connectivity index (χ4v) is 8.38. The molecule has 0 fully saturated rings. The van der Waals surface area contributed by atoms with E-state index in [0.717, 1.165) is 11.1 Å². The zero-order chi connectivity index (χ0) is 22.5. The van der Waals surface area contributed by atoms with Gasteiger partial charge in [0.1, 0.15) is 0 Å². The Morgan fingerprint density at radius 1 is 0.677 bits per heavy atom. The second-order valence-electron chi connectivity index (χ2n) is 9.69. The quantitative estimate of drug-likeness (QED) is 0.179. The topological polar surface area (TPSA) is 0 Å². The van der Waals surface area contributed by atoms with Gasteiger partial charge >= 0.3 is 0 Å². The first-order chi connectivity index (χ1) is 15.0. The molecule has 2 aromatic carbocycles. The van der Waals surface area contributed by atoms with Crippen molar-refractivity contribution in [2.24, 2.45) is 0 Å². The van der Waals surface area contributed by atoms with Crippen molar-refractivity contribution in [3.8, 4) is 11.8 Å². The van der Waals surface area contributed by atoms with Crippen LogP contribution >= 0.6 is 0 Å². The van der Waals surface area contributed by atoms with Gasteiger partial charge in [-0.15, -0.1) is 0 Å². The Hall–Kier alpha value is -1.57. The molecule has 0 aliphatic rings. The molecule has 2 heteroatoms. The minimum absolute atomic E-state index is 0.403. The Morgan fingerprint density at radius 2 is 1.19 bits per heavy atom. The molecule has 1 radical (unpaired) electrons. The predicted molar refractivity (Wildman–Crippen MR) is 145 cm³/mol. The fraction of sp³-hybridized carbons (Fsp3) is 0.517. The van der Waals surface area contributed by atoms with Gasteiger partial charge in [-0.25, -0.2) is 0 Å². The lowest BCUT2D eigenvalue weighted by atomic mass is 10.2. The predicted octanol–water partition coefficient (Wildman–Crippen LogP) is 7.49. The van der Waals surface area contributed by atoms with Crippen LogP contribution in [0.15, 0.2) is 48.5 Å². The molecule has 0 N–H and O–H groups in total. The minimum atomic E-state index is -1.32. The molecule has 0 amide bonds. The number of rotatable bonds is 12. The largest absolute Gasteiger partial charge is 0.0824 e. The van der Waals surface area contributed by atoms with Gasteiger partial charge in [-0.1, -0.05) is 143 Å². The number of benzene rings is 2. The Labute approximate surface area is 195 Å². The van der Waals surface area contributed by atoms with Crippen molar-refractivity contribution in [3.63, 3.8) is 0 Å². The van der Waals surface area contributed by atoms with Crippen molar-refractivity contribution in [2.75, 3.05) is 0 Å². The summed E-state index contributed by atoms with van der Waals surface area (Å²) in [5.74, 6) is 6.74. The maximum Gasteiger partial charge on any atom is 0.0824 e. The van der Waals surface area contributed by atoms with Crippen LogP contribution < -0.4 is 10.4 Å². The van der Waals surface area contributed by atoms with Crippen molar-refractivity contribution in [3.05, 3.63) is 59.7 Å². The molecule has 0 saturated heterocycles. The van der Waals surface area contributed by atoms with Crippen molar-refractivity contribution < 1.29 is 0 Å². The molecule has 2 aromatic rings. The smallest absolute Gasteiger partial charge is 0.0669 e. The summed E-state index contributed by atoms with van der Waals surface area (Å²) < 4.78 is 0. The molecule has 0 bridgehead atoms. The highest BCUT2D eigenvalue weighted by Gasteiger charge is 2.22. The first-order valence-electron chi connectivity index (χ1n) is 12.5. The molecule has 0 heterocycles. The van der Waals surface area contributed by atoms with Crippen LogP contribution in [0.1, 0.15) is 76.3 Å². The van der Waals surface area contributed by atoms with Gasteiger partial charge < -0.3 is 0 Å². The molecule has 0 nitrogen and oxygen atoms in total. The first-order valence-corrected chi connectivity index (χ1v) is 17.9. The zero-order valence-corrected chi connectivity index (χ0v) is 22.7. The van der Waals surface area contributed by atoms with Gasteiger partial charge in [-0.05, 0) is 24.3 Å². The Morgan fingerprint density at radius 3 is 1.74 bits per heavy atom. The third kappa shape index (κ3) is 9.21. The van der Waals surface area contributed by atoms with Gasteiger partial charge in [0, 0.05) is 11.1 Å². The summed E-state index contributed by atoms with van der Waals surface area (Å²) in [4.78, 5) is 0. The lowest BCUT2D eigenvalue weighted by molar-refractivity contribution is 0.697. The molecule has 2 rings (SSSR count). The lowest BCUT2D eigenvalue weighted by Crippen LogP contribution is -2.40. The van der Waals surface area contributed by atoms with Gasteiger partial charge in [-0.2, -0.15) is 0 Å². The monoisotopic (exact) mass is 447 g/mol. The summed E-state index contributed by atoms with van der Waals surface area (Å²) in [6.45, 7) is 12.0. The van der Waals surface area contributed by atoms with Gasteiger partial charge in [-0.3, -0.25) is 0 Å². The first kappa shape index (κ1) is 25.7. The van der Waals surface area contributed by atoms with Crippen LogP contribution in [0.4, 0.5) is 0 Å². The fourth-order valence-electron chi connectivity index (χ4n) is 4.09. The summed E-state index contributed by atoms with van der Waals surface area (Å²) in [7, 11) is -1.72. The molecular weight excluding hydrogens is 404 g/mol. The van der Waals surface area contributed by atoms with E-state index in [1.165, 1.54) is 63.5 Å². The van der Waals surface area contributed by atoms with E-state index in [2.05, 4.69) is 93.9 Å². The normalized spacial score (nSPS) is 11.4. The van der Waals surface area contributed by atoms with Gasteiger partial charge in [0.15, 0.2) is 0 Å². The highest BCUT2D eigenvalue weighted by molar-refractivity contribution is 6.89. The Bertz CT molecular complexity index is 807. The van der Waals surface area contributed by atoms with E-state index in [-0.39, 0.29) is 0 Å². The molecule has 0 spiro atoms. The highest BCUT2D eigenvalue weighted by atomic mass is 28.3. The van der Waals surface area contributed by atoms with Gasteiger partial charge in [0.05, 0.1) is 16.9 Å². The number of hydrogen-bond donors (Lipinski definition) is 0. The average Bonchev–Trinajstić information content (AvgIpc) is 2.79. The number of hydrogen-bond acceptors (Lipinski definition) is 0. The van der Waals surface area contributed by atoms with Crippen LogP contribution in [0, 0.1) is 11.8 Å². The summed E-state index contributed by atoms with van der Waals surface area (Å²) in [6, 6.07) is 21.0. The molecule has 0 aromatic heterocycles. The standard InChI is InChI=1S/C29H43Si2/c1-6-8-10-12-24-30(3)28-20-16-26(17-21-28)14-15-27-18-22-29(23-19-27)31(4,5)25-13-11-9-7-2/h16-23H,6-13,24-25H2,1-5H3. The summed E-state index contributed by atoms with van der Waals surface area (Å²) in [6.07, 6.45) is 10.9. The van der Waals surface area contributed by atoms with E-state index in [0.29, 0.717) is 0 Å². The van der Waals surface area contributed by atoms with Crippen molar-refractivity contribution >= 4 is 27.2 Å². The lowest BCUT2D eigenvalue weighted by Gasteiger charge is -2.23. The minimum Gasteiger partial charge on any atom is -0.0669 e. The van der Waals surface area contributed by atoms with Crippen molar-refractivity contribution in [1.82, 2.24) is 0 Å². The van der Waals surface area contributed by atoms with E-state index < -0.39 is 16.9 Å². The maximum absolute atomic E-state index is 3.37. The Balaban J connectivity index is 1.91. The third-order valence-electron chi connectivity index (χ3n) is 6.46. The molecule has 0 unspecified atom stereocenters. The van der Waals surface area contributed by atoms with E-state index in [9.17, 15) is 0 Å². The maximum atomic E-state index is 3.37. The second kappa shape index (κ2) is 13.8. The average molecular weight is 448 g/mol. The van der Waals surface area contributed by atoms with Crippen molar-refractivity contribution in [1.29, 1.82) is 0 Å². The second-order valence-corrected chi connectivity index (χ2v) is 17.2. The van der Waals surface area contributed by atoms with Gasteiger partial charge in [0.2, 0.25) is 0 Å². The highest BCUT2D eigenvalue weighted by Crippen LogP contribution is 2.16. The molecule has 167 valence electrons. The van der Waals surface area contributed by atoms with E-state index in [1.807, 2.05) is 0 Å². The zero-order valence-electron chi connectivity index (χ0n) is 20.7. The molecule has 0 saturated carbocycles. The number of unbranched alkanes of at least 4 members (excludes halogenated alkanes) is 6. The van der Waals surface area contributed by atoms with Crippen LogP contribution in [-0.2, 0) is 0 Å². The molecule has 0 aliphatic carbocycles. The summed E-state index contributed by atoms with van der Waals surface area (Å²) >= 11 is 0. The molecule has 0 aliphatic heterocycles. The molecule has 0 atom stereocenters. The van der Waals surface area contributed by atoms with Crippen LogP contribution in [0.2, 0.25) is 31.7 Å². The molecule has 31 heavy (non-hydrogen) atoms. The molecular formula is C29H43Si2. The SMILES string of the molecule is CCCCCC[Si](C)c1ccc(C#Cc2ccc([Si](C)(C)CCCCCC)cc2)cc1. The van der Waals surface area contributed by atoms with Crippen LogP contribution in [0.25, 0.3) is 0 Å². The van der Waals surface area contributed by atoms with E-state index >= 15 is 0 Å². The van der Waals surface area contributed by atoms with E-state index in [1.54, 1.807) is 10.4 Å². The van der Waals surface area contributed by atoms with Crippen molar-refractivity contribution in [2.45, 2.75) is 96.9 Å².